The number of hydrogen-bond donors (Lipinski definition) is 1. The highest BCUT2D eigenvalue weighted by atomic mass is 32.2. The van der Waals surface area contributed by atoms with Crippen LogP contribution in [0.4, 0.5) is 11.4 Å². The van der Waals surface area contributed by atoms with Crippen LogP contribution in [0.5, 0.6) is 0 Å². The van der Waals surface area contributed by atoms with Gasteiger partial charge in [-0.2, -0.15) is 11.8 Å². The molecule has 0 saturated heterocycles. The van der Waals surface area contributed by atoms with Gasteiger partial charge in [0.25, 0.3) is 5.69 Å². The lowest BCUT2D eigenvalue weighted by Gasteiger charge is -2.21. The molecule has 7 nitrogen and oxygen atoms in total. The third-order valence-corrected chi connectivity index (χ3v) is 5.98. The smallest absolute Gasteiger partial charge is 0.293 e. The Morgan fingerprint density at radius 3 is 2.92 bits per heavy atom. The molecule has 1 aliphatic rings. The number of hydrogen-bond acceptors (Lipinski definition) is 6. The van der Waals surface area contributed by atoms with E-state index in [2.05, 4.69) is 17.2 Å². The van der Waals surface area contributed by atoms with E-state index >= 15 is 0 Å². The standard InChI is InChI=1S/C18H22N4O3S/c1-3-26-16-6-4-5-14(16)20-13-8-7-12(11-15(13)22(24)25)17(23)18-19-9-10-21(18)2/h7-11,14,16,20H,3-6H2,1-2H3. The van der Waals surface area contributed by atoms with Crippen molar-refractivity contribution in [2.24, 2.45) is 7.05 Å². The topological polar surface area (TPSA) is 90.1 Å². The number of nitrogens with zero attached hydrogens (tertiary/aromatic N) is 3. The van der Waals surface area contributed by atoms with Gasteiger partial charge in [-0.1, -0.05) is 13.3 Å². The Kier molecular flexibility index (Phi) is 5.61. The Morgan fingerprint density at radius 2 is 2.27 bits per heavy atom. The summed E-state index contributed by atoms with van der Waals surface area (Å²) in [6, 6.07) is 4.83. The number of nitro groups is 1. The Labute approximate surface area is 156 Å². The molecule has 26 heavy (non-hydrogen) atoms. The van der Waals surface area contributed by atoms with Gasteiger partial charge in [-0.25, -0.2) is 4.98 Å². The van der Waals surface area contributed by atoms with Crippen LogP contribution in [0, 0.1) is 10.1 Å². The SMILES string of the molecule is CCSC1CCCC1Nc1ccc(C(=O)c2nccn2C)cc1[N+](=O)[O-]. The molecule has 1 fully saturated rings. The third kappa shape index (κ3) is 3.75. The van der Waals surface area contributed by atoms with Crippen LogP contribution in [0.15, 0.2) is 30.6 Å². The predicted molar refractivity (Wildman–Crippen MR) is 103 cm³/mol. The van der Waals surface area contributed by atoms with Gasteiger partial charge in [-0.05, 0) is 30.7 Å². The van der Waals surface area contributed by atoms with Gasteiger partial charge in [-0.15, -0.1) is 0 Å². The van der Waals surface area contributed by atoms with Gasteiger partial charge in [0.2, 0.25) is 5.78 Å². The summed E-state index contributed by atoms with van der Waals surface area (Å²) >= 11 is 1.89. The first kappa shape index (κ1) is 18.4. The number of nitro benzene ring substituents is 1. The molecule has 0 radical (unpaired) electrons. The first-order chi connectivity index (χ1) is 12.5. The van der Waals surface area contributed by atoms with Crippen molar-refractivity contribution >= 4 is 28.9 Å². The second kappa shape index (κ2) is 7.90. The molecule has 2 unspecified atom stereocenters. The highest BCUT2D eigenvalue weighted by Gasteiger charge is 2.29. The molecule has 1 aromatic carbocycles. The van der Waals surface area contributed by atoms with Crippen molar-refractivity contribution in [3.8, 4) is 0 Å². The van der Waals surface area contributed by atoms with E-state index in [1.165, 1.54) is 12.3 Å². The van der Waals surface area contributed by atoms with Crippen LogP contribution in [-0.2, 0) is 7.05 Å². The third-order valence-electron chi connectivity index (χ3n) is 4.66. The zero-order valence-electron chi connectivity index (χ0n) is 14.8. The fourth-order valence-electron chi connectivity index (χ4n) is 3.36. The van der Waals surface area contributed by atoms with E-state index in [1.54, 1.807) is 29.9 Å². The molecule has 1 aromatic heterocycles. The molecule has 2 aromatic rings. The number of thioether (sulfide) groups is 1. The normalized spacial score (nSPS) is 19.5. The minimum absolute atomic E-state index is 0.0720. The van der Waals surface area contributed by atoms with Crippen molar-refractivity contribution in [2.75, 3.05) is 11.1 Å². The molecule has 3 rings (SSSR count). The minimum Gasteiger partial charge on any atom is -0.376 e. The van der Waals surface area contributed by atoms with E-state index in [9.17, 15) is 14.9 Å². The largest absolute Gasteiger partial charge is 0.376 e. The summed E-state index contributed by atoms with van der Waals surface area (Å²) in [5, 5.41) is 15.4. The van der Waals surface area contributed by atoms with Crippen LogP contribution >= 0.6 is 11.8 Å². The Bertz CT molecular complexity index is 821. The summed E-state index contributed by atoms with van der Waals surface area (Å²) < 4.78 is 1.60. The van der Waals surface area contributed by atoms with Gasteiger partial charge in [-0.3, -0.25) is 14.9 Å². The first-order valence-corrected chi connectivity index (χ1v) is 9.74. The van der Waals surface area contributed by atoms with E-state index in [1.807, 2.05) is 11.8 Å². The number of imidazole rings is 1. The van der Waals surface area contributed by atoms with E-state index in [0.717, 1.165) is 25.0 Å². The van der Waals surface area contributed by atoms with E-state index in [0.29, 0.717) is 10.9 Å². The lowest BCUT2D eigenvalue weighted by atomic mass is 10.1. The van der Waals surface area contributed by atoms with Gasteiger partial charge in [0.1, 0.15) is 5.69 Å². The molecule has 0 amide bonds. The van der Waals surface area contributed by atoms with Gasteiger partial charge in [0.15, 0.2) is 5.82 Å². The second-order valence-electron chi connectivity index (χ2n) is 6.36. The predicted octanol–water partition coefficient (Wildman–Crippen LogP) is 3.65. The summed E-state index contributed by atoms with van der Waals surface area (Å²) in [7, 11) is 1.72. The average molecular weight is 374 g/mol. The average Bonchev–Trinajstić information content (AvgIpc) is 3.24. The molecule has 0 spiro atoms. The number of aromatic nitrogens is 2. The van der Waals surface area contributed by atoms with Gasteiger partial charge < -0.3 is 9.88 Å². The molecule has 1 heterocycles. The van der Waals surface area contributed by atoms with E-state index < -0.39 is 4.92 Å². The number of aryl methyl sites for hydroxylation is 1. The lowest BCUT2D eigenvalue weighted by Crippen LogP contribution is -2.26. The van der Waals surface area contributed by atoms with Crippen LogP contribution in [0.1, 0.15) is 42.4 Å². The van der Waals surface area contributed by atoms with Gasteiger partial charge in [0, 0.05) is 42.4 Å². The molecule has 1 N–H and O–H groups in total. The van der Waals surface area contributed by atoms with Crippen LogP contribution < -0.4 is 5.32 Å². The fourth-order valence-corrected chi connectivity index (χ4v) is 4.56. The summed E-state index contributed by atoms with van der Waals surface area (Å²) in [6.07, 6.45) is 6.45. The number of carbonyl (C=O) groups excluding carboxylic acids is 1. The van der Waals surface area contributed by atoms with Crippen molar-refractivity contribution in [3.63, 3.8) is 0 Å². The summed E-state index contributed by atoms with van der Waals surface area (Å²) in [6.45, 7) is 2.13. The van der Waals surface area contributed by atoms with E-state index in [-0.39, 0.29) is 28.9 Å². The number of rotatable bonds is 7. The maximum atomic E-state index is 12.6. The molecule has 138 valence electrons. The lowest BCUT2D eigenvalue weighted by molar-refractivity contribution is -0.384. The van der Waals surface area contributed by atoms with E-state index in [4.69, 9.17) is 0 Å². The fraction of sp³-hybridized carbons (Fsp3) is 0.444. The highest BCUT2D eigenvalue weighted by Crippen LogP contribution is 2.35. The van der Waals surface area contributed by atoms with Gasteiger partial charge in [0.05, 0.1) is 4.92 Å². The molecule has 1 saturated carbocycles. The number of nitrogens with one attached hydrogen (secondary N) is 1. The zero-order valence-corrected chi connectivity index (χ0v) is 15.7. The molecular weight excluding hydrogens is 352 g/mol. The first-order valence-electron chi connectivity index (χ1n) is 8.70. The van der Waals surface area contributed by atoms with Crippen LogP contribution in [0.25, 0.3) is 0 Å². The Balaban J connectivity index is 1.87. The molecule has 8 heteroatoms. The van der Waals surface area contributed by atoms with Crippen LogP contribution in [0.2, 0.25) is 0 Å². The van der Waals surface area contributed by atoms with Crippen LogP contribution in [-0.4, -0.2) is 37.3 Å². The second-order valence-corrected chi connectivity index (χ2v) is 7.87. The van der Waals surface area contributed by atoms with Crippen LogP contribution in [0.3, 0.4) is 0 Å². The maximum absolute atomic E-state index is 12.6. The Hall–Kier alpha value is -2.35. The number of ketones is 1. The van der Waals surface area contributed by atoms with Crippen molar-refractivity contribution in [1.82, 2.24) is 9.55 Å². The summed E-state index contributed by atoms with van der Waals surface area (Å²) in [4.78, 5) is 27.7. The monoisotopic (exact) mass is 374 g/mol. The zero-order chi connectivity index (χ0) is 18.7. The van der Waals surface area contributed by atoms with Crippen molar-refractivity contribution < 1.29 is 9.72 Å². The van der Waals surface area contributed by atoms with Gasteiger partial charge >= 0.3 is 0 Å². The highest BCUT2D eigenvalue weighted by molar-refractivity contribution is 7.99. The van der Waals surface area contributed by atoms with Crippen molar-refractivity contribution in [1.29, 1.82) is 0 Å². The number of benzene rings is 1. The maximum Gasteiger partial charge on any atom is 0.293 e. The molecule has 1 aliphatic carbocycles. The molecular formula is C18H22N4O3S. The molecule has 0 aliphatic heterocycles. The number of carbonyl (C=O) groups is 1. The molecule has 2 atom stereocenters. The quantitative estimate of drug-likeness (QED) is 0.452. The Morgan fingerprint density at radius 1 is 1.46 bits per heavy atom. The minimum atomic E-state index is -0.436. The van der Waals surface area contributed by atoms with Crippen molar-refractivity contribution in [3.05, 3.63) is 52.1 Å². The van der Waals surface area contributed by atoms with Crippen molar-refractivity contribution in [2.45, 2.75) is 37.5 Å². The number of anilines is 1. The molecule has 0 bridgehead atoms. The summed E-state index contributed by atoms with van der Waals surface area (Å²) in [5.41, 5.74) is 0.666. The summed E-state index contributed by atoms with van der Waals surface area (Å²) in [5.74, 6) is 0.963.